The van der Waals surface area contributed by atoms with E-state index in [0.717, 1.165) is 61.2 Å². The van der Waals surface area contributed by atoms with Gasteiger partial charge in [0.2, 0.25) is 0 Å². The van der Waals surface area contributed by atoms with Gasteiger partial charge < -0.3 is 64.2 Å². The fraction of sp³-hybridized carbons (Fsp3) is 0.895. The molecule has 0 amide bonds. The molecule has 0 spiro atoms. The number of quaternary nitrogens is 1. The fourth-order valence-electron chi connectivity index (χ4n) is 7.90. The van der Waals surface area contributed by atoms with Crippen molar-refractivity contribution in [2.24, 2.45) is 5.73 Å². The lowest BCUT2D eigenvalue weighted by Gasteiger charge is -2.45. The van der Waals surface area contributed by atoms with Crippen molar-refractivity contribution in [1.29, 1.82) is 0 Å². The molecule has 6 N–H and O–H groups in total. The van der Waals surface area contributed by atoms with Gasteiger partial charge in [0.15, 0.2) is 16.6 Å². The number of hydrogen-bond acceptors (Lipinski definition) is 13. The lowest BCUT2D eigenvalue weighted by Crippen LogP contribution is -2.62. The first-order valence-corrected chi connectivity index (χ1v) is 48.3. The predicted octanol–water partition coefficient (Wildman–Crippen LogP) is 7.82. The Balaban J connectivity index is 6.03. The third-order valence-corrected chi connectivity index (χ3v) is 42.4. The van der Waals surface area contributed by atoms with Crippen LogP contribution in [0.4, 0.5) is 0 Å². The van der Waals surface area contributed by atoms with Gasteiger partial charge in [0.05, 0.1) is 21.1 Å². The summed E-state index contributed by atoms with van der Waals surface area (Å²) < 4.78 is 56.7. The van der Waals surface area contributed by atoms with E-state index < -0.39 is 82.7 Å². The second kappa shape index (κ2) is 25.1. The molecule has 0 heterocycles. The van der Waals surface area contributed by atoms with Crippen LogP contribution in [0, 0.1) is 0 Å². The molecule has 0 bridgehead atoms. The second-order valence-corrected chi connectivity index (χ2v) is 56.9. The van der Waals surface area contributed by atoms with Crippen LogP contribution in [0.5, 0.6) is 0 Å². The van der Waals surface area contributed by atoms with Gasteiger partial charge in [-0.3, -0.25) is 0 Å². The molecule has 0 aliphatic heterocycles. The van der Waals surface area contributed by atoms with E-state index in [0.29, 0.717) is 13.1 Å². The molecular weight excluding hydrogens is 923 g/mol. The summed E-state index contributed by atoms with van der Waals surface area (Å²) in [6.45, 7) is 47.4. The molecule has 364 valence electrons. The van der Waals surface area contributed by atoms with Gasteiger partial charge in [-0.1, -0.05) is 0 Å². The number of aliphatic hydroxyl groups excluding tert-OH is 1. The van der Waals surface area contributed by atoms with Crippen LogP contribution in [0.3, 0.4) is 0 Å². The maximum Gasteiger partial charge on any atom is 0.317 e. The summed E-state index contributed by atoms with van der Waals surface area (Å²) in [4.78, 5) is 0. The maximum atomic E-state index is 10.3. The molecule has 0 aromatic carbocycles. The second-order valence-electron chi connectivity index (χ2n) is 22.4. The summed E-state index contributed by atoms with van der Waals surface area (Å²) >= 11 is 0. The van der Waals surface area contributed by atoms with Gasteiger partial charge in [-0.15, -0.1) is 0 Å². The molecule has 0 aliphatic carbocycles. The lowest BCUT2D eigenvalue weighted by molar-refractivity contribution is -0.873. The molecule has 23 heteroatoms. The van der Waals surface area contributed by atoms with Crippen molar-refractivity contribution < 1.29 is 42.5 Å². The zero-order valence-electron chi connectivity index (χ0n) is 43.5. The molecule has 0 saturated carbocycles. The minimum absolute atomic E-state index is 0.403. The molecule has 0 saturated heterocycles. The number of nitrogens with two attached hydrogens (primary N) is 1. The highest BCUT2D eigenvalue weighted by Gasteiger charge is 2.51. The summed E-state index contributed by atoms with van der Waals surface area (Å²) in [5.41, 5.74) is 7.98. The van der Waals surface area contributed by atoms with Crippen LogP contribution in [0.2, 0.25) is 130 Å². The zero-order chi connectivity index (χ0) is 48.0. The van der Waals surface area contributed by atoms with Crippen LogP contribution in [0.15, 0.2) is 23.5 Å². The number of nitrogens with one attached hydrogen (secondary N) is 3. The summed E-state index contributed by atoms with van der Waals surface area (Å²) in [5, 5.41) is 20.7. The molecule has 61 heavy (non-hydrogen) atoms. The molecule has 0 aromatic rings. The van der Waals surface area contributed by atoms with E-state index in [1.54, 1.807) is 6.20 Å². The van der Waals surface area contributed by atoms with Gasteiger partial charge in [0.1, 0.15) is 12.6 Å². The van der Waals surface area contributed by atoms with E-state index >= 15 is 0 Å². The number of rotatable bonds is 33. The molecule has 3 atom stereocenters. The molecule has 0 aliphatic rings. The van der Waals surface area contributed by atoms with Crippen molar-refractivity contribution in [3.05, 3.63) is 23.5 Å². The van der Waals surface area contributed by atoms with Crippen molar-refractivity contribution in [3.8, 4) is 0 Å². The Bertz CT molecular complexity index is 1360. The van der Waals surface area contributed by atoms with Crippen molar-refractivity contribution in [2.75, 3.05) is 60.4 Å². The van der Waals surface area contributed by atoms with E-state index in [4.69, 9.17) is 38.7 Å². The third kappa shape index (κ3) is 32.8. The maximum absolute atomic E-state index is 10.3. The van der Waals surface area contributed by atoms with E-state index in [-0.39, 0.29) is 0 Å². The minimum atomic E-state index is -2.82. The number of likely N-dealkylation sites (N-methyl/N-ethyl adjacent to an activating group) is 1. The Kier molecular flexibility index (Phi) is 25.3. The quantitative estimate of drug-likeness (QED) is 0.0247. The topological polar surface area (TPSA) is 156 Å². The molecule has 0 radical (unpaired) electrons. The van der Waals surface area contributed by atoms with Crippen LogP contribution in [-0.4, -0.2) is 153 Å². The highest BCUT2D eigenvalue weighted by atomic mass is 28.5. The Hall–Kier alpha value is 0.552. The van der Waals surface area contributed by atoms with E-state index in [1.165, 1.54) is 5.57 Å². The normalized spacial score (nSPS) is 17.3. The monoisotopic (exact) mass is 1020 g/mol. The standard InChI is InChI=1S/C38H98N5O9Si9/c1-36(30-39)31-40-26-24-28-60(22,49-55(12,13)45-53(6,7)8)51-58(18,19)47-57(16,17)48-59(20,21)52-61(23,50-56(14,15)46-54(9,10)11)29-25-27-41-32-37(2)33-42-34-38(44)35-43(3,4)5/h30,33,38,40-42,44H,24-29,31-32,34-35,39H2,1-23H3/q+1/b36-30-,37-33-. The molecule has 0 aromatic heterocycles. The van der Waals surface area contributed by atoms with E-state index in [2.05, 4.69) is 162 Å². The van der Waals surface area contributed by atoms with Crippen molar-refractivity contribution in [3.63, 3.8) is 0 Å². The first-order chi connectivity index (χ1) is 27.1. The van der Waals surface area contributed by atoms with Gasteiger partial charge >= 0.3 is 59.9 Å². The van der Waals surface area contributed by atoms with Gasteiger partial charge in [0, 0.05) is 19.6 Å². The first-order valence-electron chi connectivity index (χ1n) is 22.4. The van der Waals surface area contributed by atoms with Gasteiger partial charge in [0.25, 0.3) is 0 Å². The molecule has 0 rings (SSSR count). The molecule has 3 unspecified atom stereocenters. The van der Waals surface area contributed by atoms with Crippen LogP contribution < -0.4 is 21.7 Å². The van der Waals surface area contributed by atoms with Crippen LogP contribution in [0.1, 0.15) is 26.7 Å². The SMILES string of the molecule is C/C(=C/N)CNCCC[Si](C)(O[Si](C)(C)O[Si](C)(C)C)O[Si](C)(C)O[Si](C)(C)O[Si](C)(C)O[Si](C)(CCCNC/C(C)=C\NCC(O)C[N+](C)(C)C)O[Si](C)(C)O[Si](C)(C)C. The largest absolute Gasteiger partial charge is 0.437 e. The highest BCUT2D eigenvalue weighted by molar-refractivity contribution is 6.93. The van der Waals surface area contributed by atoms with Crippen molar-refractivity contribution in [1.82, 2.24) is 16.0 Å². The van der Waals surface area contributed by atoms with Gasteiger partial charge in [-0.2, -0.15) is 0 Å². The van der Waals surface area contributed by atoms with Crippen LogP contribution in [-0.2, 0) is 32.9 Å². The smallest absolute Gasteiger partial charge is 0.317 e. The van der Waals surface area contributed by atoms with E-state index in [1.807, 2.05) is 13.1 Å². The Labute approximate surface area is 385 Å². The highest BCUT2D eigenvalue weighted by Crippen LogP contribution is 2.33. The summed E-state index contributed by atoms with van der Waals surface area (Å²) in [7, 11) is -16.5. The molecule has 14 nitrogen and oxygen atoms in total. The van der Waals surface area contributed by atoms with Gasteiger partial charge in [-0.05, 0) is 193 Å². The lowest BCUT2D eigenvalue weighted by atomic mass is 10.3. The van der Waals surface area contributed by atoms with Gasteiger partial charge in [-0.25, -0.2) is 0 Å². The third-order valence-electron chi connectivity index (χ3n) is 8.46. The van der Waals surface area contributed by atoms with Crippen LogP contribution >= 0.6 is 0 Å². The summed E-state index contributed by atoms with van der Waals surface area (Å²) in [6, 6.07) is 1.61. The molecule has 0 fully saturated rings. The fourth-order valence-corrected chi connectivity index (χ4v) is 52.9. The summed E-state index contributed by atoms with van der Waals surface area (Å²) in [6.07, 6.45) is 5.04. The Morgan fingerprint density at radius 1 is 0.541 bits per heavy atom. The number of hydrogen-bond donors (Lipinski definition) is 5. The predicted molar refractivity (Wildman–Crippen MR) is 279 cm³/mol. The zero-order valence-corrected chi connectivity index (χ0v) is 52.5. The summed E-state index contributed by atoms with van der Waals surface area (Å²) in [5.74, 6) is 0. The number of aliphatic hydroxyl groups is 1. The van der Waals surface area contributed by atoms with Crippen molar-refractivity contribution >= 4 is 76.6 Å². The first kappa shape index (κ1) is 61.6. The average molecular weight is 1020 g/mol. The Morgan fingerprint density at radius 3 is 1.20 bits per heavy atom. The Morgan fingerprint density at radius 2 is 0.869 bits per heavy atom. The minimum Gasteiger partial charge on any atom is -0.437 e. The average Bonchev–Trinajstić information content (AvgIpc) is 2.94. The van der Waals surface area contributed by atoms with Crippen LogP contribution in [0.25, 0.3) is 0 Å². The molecular formula is C38H98N5O9Si9+. The number of nitrogens with zero attached hydrogens (tertiary/aromatic N) is 1. The van der Waals surface area contributed by atoms with Crippen molar-refractivity contribution in [2.45, 2.75) is 163 Å². The van der Waals surface area contributed by atoms with E-state index in [9.17, 15) is 5.11 Å².